The van der Waals surface area contributed by atoms with Gasteiger partial charge in [-0.25, -0.2) is 5.43 Å². The van der Waals surface area contributed by atoms with Crippen molar-refractivity contribution in [3.05, 3.63) is 76.4 Å². The molecule has 0 unspecified atom stereocenters. The lowest BCUT2D eigenvalue weighted by molar-refractivity contribution is -0.384. The smallest absolute Gasteiger partial charge is 0.269 e. The van der Waals surface area contributed by atoms with Gasteiger partial charge in [-0.3, -0.25) is 14.9 Å². The number of non-ortho nitro benzene ring substituents is 1. The number of hydrazone groups is 1. The second-order valence-electron chi connectivity index (χ2n) is 5.53. The maximum Gasteiger partial charge on any atom is 0.269 e. The highest BCUT2D eigenvalue weighted by atomic mass is 16.6. The van der Waals surface area contributed by atoms with Crippen LogP contribution in [0.2, 0.25) is 0 Å². The van der Waals surface area contributed by atoms with Gasteiger partial charge in [0.1, 0.15) is 6.54 Å². The summed E-state index contributed by atoms with van der Waals surface area (Å²) in [6, 6.07) is 15.4. The van der Waals surface area contributed by atoms with Crippen molar-refractivity contribution in [3.63, 3.8) is 0 Å². The van der Waals surface area contributed by atoms with E-state index in [4.69, 9.17) is 0 Å². The summed E-state index contributed by atoms with van der Waals surface area (Å²) in [5, 5.41) is 26.3. The molecule has 0 spiro atoms. The molecular weight excluding hydrogens is 362 g/mol. The van der Waals surface area contributed by atoms with Gasteiger partial charge in [0.2, 0.25) is 5.82 Å². The topological polar surface area (TPSA) is 128 Å². The first kappa shape index (κ1) is 18.6. The molecule has 1 amide bonds. The average Bonchev–Trinajstić information content (AvgIpc) is 3.17. The third-order valence-corrected chi connectivity index (χ3v) is 3.51. The summed E-state index contributed by atoms with van der Waals surface area (Å²) < 4.78 is 0. The second kappa shape index (κ2) is 8.94. The van der Waals surface area contributed by atoms with E-state index in [1.165, 1.54) is 23.1 Å². The van der Waals surface area contributed by atoms with Crippen LogP contribution in [0.15, 0.2) is 65.8 Å². The normalized spacial score (nSPS) is 11.1. The number of hydrogen-bond acceptors (Lipinski definition) is 7. The second-order valence-corrected chi connectivity index (χ2v) is 5.53. The Hall–Kier alpha value is -4.21. The first-order valence-electron chi connectivity index (χ1n) is 8.18. The molecule has 0 aliphatic rings. The quantitative estimate of drug-likeness (QED) is 0.381. The molecule has 1 N–H and O–H groups in total. The van der Waals surface area contributed by atoms with Crippen molar-refractivity contribution in [2.45, 2.75) is 6.54 Å². The van der Waals surface area contributed by atoms with Gasteiger partial charge in [-0.1, -0.05) is 36.4 Å². The molecule has 10 heteroatoms. The Kier molecular flexibility index (Phi) is 5.93. The van der Waals surface area contributed by atoms with E-state index in [1.54, 1.807) is 24.3 Å². The fourth-order valence-electron chi connectivity index (χ4n) is 2.19. The van der Waals surface area contributed by atoms with Crippen LogP contribution in [0.4, 0.5) is 5.69 Å². The molecule has 1 aromatic heterocycles. The van der Waals surface area contributed by atoms with Crippen LogP contribution in [0.3, 0.4) is 0 Å². The summed E-state index contributed by atoms with van der Waals surface area (Å²) in [7, 11) is 0. The number of amides is 1. The Balaban J connectivity index is 1.47. The van der Waals surface area contributed by atoms with Gasteiger partial charge in [-0.15, -0.1) is 10.2 Å². The lowest BCUT2D eigenvalue weighted by Crippen LogP contribution is -2.24. The van der Waals surface area contributed by atoms with Crippen molar-refractivity contribution < 1.29 is 9.72 Å². The molecule has 0 atom stereocenters. The number of carbonyl (C=O) groups is 1. The Labute approximate surface area is 159 Å². The van der Waals surface area contributed by atoms with E-state index < -0.39 is 10.8 Å². The number of carbonyl (C=O) groups excluding carboxylic acids is 1. The molecule has 0 saturated carbocycles. The van der Waals surface area contributed by atoms with Crippen LogP contribution in [0.1, 0.15) is 5.56 Å². The van der Waals surface area contributed by atoms with Gasteiger partial charge in [0.25, 0.3) is 11.6 Å². The lowest BCUT2D eigenvalue weighted by atomic mass is 10.2. The summed E-state index contributed by atoms with van der Waals surface area (Å²) in [6.45, 7) is -0.122. The van der Waals surface area contributed by atoms with E-state index in [-0.39, 0.29) is 12.2 Å². The number of rotatable bonds is 7. The van der Waals surface area contributed by atoms with Crippen molar-refractivity contribution in [1.29, 1.82) is 0 Å². The van der Waals surface area contributed by atoms with Gasteiger partial charge < -0.3 is 0 Å². The molecule has 0 radical (unpaired) electrons. The van der Waals surface area contributed by atoms with Crippen LogP contribution in [-0.4, -0.2) is 37.3 Å². The molecule has 10 nitrogen and oxygen atoms in total. The van der Waals surface area contributed by atoms with Crippen LogP contribution in [0.25, 0.3) is 17.5 Å². The fraction of sp³-hybridized carbons (Fsp3) is 0.0556. The van der Waals surface area contributed by atoms with Gasteiger partial charge >= 0.3 is 0 Å². The van der Waals surface area contributed by atoms with E-state index in [1.807, 2.05) is 30.3 Å². The standard InChI is InChI=1S/C18H15N7O3/c26-17(13-24-22-18(21-23-24)15-6-2-1-3-7-15)20-19-12-4-5-14-8-10-16(11-9-14)25(27)28/h1-12H,13H2,(H,20,26). The molecular formula is C18H15N7O3. The number of hydrogen-bond donors (Lipinski definition) is 1. The third-order valence-electron chi connectivity index (χ3n) is 3.51. The molecule has 28 heavy (non-hydrogen) atoms. The molecule has 1 heterocycles. The number of aromatic nitrogens is 4. The van der Waals surface area contributed by atoms with Crippen molar-refractivity contribution in [1.82, 2.24) is 25.6 Å². The van der Waals surface area contributed by atoms with Gasteiger partial charge in [-0.2, -0.15) is 9.90 Å². The molecule has 0 aliphatic carbocycles. The van der Waals surface area contributed by atoms with E-state index in [9.17, 15) is 14.9 Å². The highest BCUT2D eigenvalue weighted by molar-refractivity contribution is 5.81. The third kappa shape index (κ3) is 5.14. The minimum atomic E-state index is -0.461. The summed E-state index contributed by atoms with van der Waals surface area (Å²) in [5.74, 6) is 0.0277. The zero-order valence-electron chi connectivity index (χ0n) is 14.5. The number of allylic oxidation sites excluding steroid dienone is 1. The monoisotopic (exact) mass is 377 g/mol. The van der Waals surface area contributed by atoms with E-state index >= 15 is 0 Å². The molecule has 0 fully saturated rings. The molecule has 0 aliphatic heterocycles. The zero-order chi connectivity index (χ0) is 19.8. The highest BCUT2D eigenvalue weighted by Gasteiger charge is 2.08. The maximum atomic E-state index is 11.9. The Bertz CT molecular complexity index is 1010. The van der Waals surface area contributed by atoms with Crippen molar-refractivity contribution in [2.24, 2.45) is 5.10 Å². The molecule has 3 aromatic rings. The summed E-state index contributed by atoms with van der Waals surface area (Å²) >= 11 is 0. The van der Waals surface area contributed by atoms with Crippen LogP contribution in [0, 0.1) is 10.1 Å². The molecule has 2 aromatic carbocycles. The van der Waals surface area contributed by atoms with E-state index in [0.717, 1.165) is 11.1 Å². The summed E-state index contributed by atoms with van der Waals surface area (Å²) in [4.78, 5) is 23.2. The van der Waals surface area contributed by atoms with Crippen molar-refractivity contribution in [3.8, 4) is 11.4 Å². The maximum absolute atomic E-state index is 11.9. The minimum absolute atomic E-state index is 0.0234. The molecule has 3 rings (SSSR count). The van der Waals surface area contributed by atoms with Crippen LogP contribution in [0.5, 0.6) is 0 Å². The minimum Gasteiger partial charge on any atom is -0.271 e. The number of nitrogens with zero attached hydrogens (tertiary/aromatic N) is 6. The first-order chi connectivity index (χ1) is 13.6. The van der Waals surface area contributed by atoms with Crippen LogP contribution >= 0.6 is 0 Å². The summed E-state index contributed by atoms with van der Waals surface area (Å²) in [6.07, 6.45) is 4.69. The highest BCUT2D eigenvalue weighted by Crippen LogP contribution is 2.13. The van der Waals surface area contributed by atoms with Gasteiger partial charge in [-0.05, 0) is 29.0 Å². The Morgan fingerprint density at radius 3 is 2.64 bits per heavy atom. The predicted octanol–water partition coefficient (Wildman–Crippen LogP) is 2.06. The molecule has 0 bridgehead atoms. The largest absolute Gasteiger partial charge is 0.271 e. The van der Waals surface area contributed by atoms with Gasteiger partial charge in [0, 0.05) is 23.9 Å². The van der Waals surface area contributed by atoms with Crippen molar-refractivity contribution >= 4 is 23.9 Å². The van der Waals surface area contributed by atoms with E-state index in [0.29, 0.717) is 5.82 Å². The van der Waals surface area contributed by atoms with Gasteiger partial charge in [0.05, 0.1) is 4.92 Å². The van der Waals surface area contributed by atoms with Crippen LogP contribution in [-0.2, 0) is 11.3 Å². The zero-order valence-corrected chi connectivity index (χ0v) is 14.5. The fourth-order valence-corrected chi connectivity index (χ4v) is 2.19. The van der Waals surface area contributed by atoms with Crippen LogP contribution < -0.4 is 5.43 Å². The lowest BCUT2D eigenvalue weighted by Gasteiger charge is -1.97. The number of nitro groups is 1. The number of benzene rings is 2. The average molecular weight is 377 g/mol. The Morgan fingerprint density at radius 2 is 1.93 bits per heavy atom. The number of tetrazole rings is 1. The number of nitrogens with one attached hydrogen (secondary N) is 1. The first-order valence-corrected chi connectivity index (χ1v) is 8.18. The van der Waals surface area contributed by atoms with Crippen molar-refractivity contribution in [2.75, 3.05) is 0 Å². The van der Waals surface area contributed by atoms with E-state index in [2.05, 4.69) is 25.9 Å². The molecule has 140 valence electrons. The SMILES string of the molecule is O=C(Cn1nnc(-c2ccccc2)n1)NN=CC=Cc1ccc([N+](=O)[O-])cc1. The Morgan fingerprint density at radius 1 is 1.18 bits per heavy atom. The number of nitro benzene ring substituents is 1. The van der Waals surface area contributed by atoms with Gasteiger partial charge in [0.15, 0.2) is 0 Å². The molecule has 0 saturated heterocycles. The predicted molar refractivity (Wildman–Crippen MR) is 102 cm³/mol. The summed E-state index contributed by atoms with van der Waals surface area (Å²) in [5.41, 5.74) is 3.95.